The Bertz CT molecular complexity index is 297. The first kappa shape index (κ1) is 12.7. The van der Waals surface area contributed by atoms with Gasteiger partial charge in [0.05, 0.1) is 0 Å². The summed E-state index contributed by atoms with van der Waals surface area (Å²) in [5.74, 6) is -1.01. The van der Waals surface area contributed by atoms with Gasteiger partial charge in [0.2, 0.25) is 5.91 Å². The molecule has 16 heavy (non-hydrogen) atoms. The molecule has 0 heterocycles. The van der Waals surface area contributed by atoms with Crippen LogP contribution >= 0.6 is 0 Å². The Morgan fingerprint density at radius 1 is 1.44 bits per heavy atom. The fourth-order valence-corrected chi connectivity index (χ4v) is 1.91. The van der Waals surface area contributed by atoms with Crippen LogP contribution in [0.15, 0.2) is 12.2 Å². The SMILES string of the molecule is CC(C)N(CC(=O)O)C(=O)C1CC=CCC1. The number of carboxylic acid groups (broad SMARTS) is 1. The highest BCUT2D eigenvalue weighted by molar-refractivity contribution is 5.83. The van der Waals surface area contributed by atoms with Gasteiger partial charge < -0.3 is 10.0 Å². The number of nitrogens with zero attached hydrogens (tertiary/aromatic N) is 1. The molecule has 4 nitrogen and oxygen atoms in total. The summed E-state index contributed by atoms with van der Waals surface area (Å²) in [6.45, 7) is 3.50. The average Bonchev–Trinajstić information content (AvgIpc) is 2.25. The zero-order valence-corrected chi connectivity index (χ0v) is 9.85. The van der Waals surface area contributed by atoms with Crippen LogP contribution in [-0.2, 0) is 9.59 Å². The van der Waals surface area contributed by atoms with Crippen LogP contribution in [0.25, 0.3) is 0 Å². The summed E-state index contributed by atoms with van der Waals surface area (Å²) in [6.07, 6.45) is 6.56. The van der Waals surface area contributed by atoms with Gasteiger partial charge in [-0.2, -0.15) is 0 Å². The largest absolute Gasteiger partial charge is 0.480 e. The van der Waals surface area contributed by atoms with E-state index in [1.165, 1.54) is 4.90 Å². The first-order valence-electron chi connectivity index (χ1n) is 5.69. The first-order chi connectivity index (χ1) is 7.52. The Kier molecular flexibility index (Phi) is 4.52. The van der Waals surface area contributed by atoms with Crippen LogP contribution in [0.5, 0.6) is 0 Å². The van der Waals surface area contributed by atoms with Gasteiger partial charge in [-0.3, -0.25) is 9.59 Å². The van der Waals surface area contributed by atoms with E-state index < -0.39 is 5.97 Å². The Hall–Kier alpha value is -1.32. The molecule has 1 aliphatic rings. The number of hydrogen-bond donors (Lipinski definition) is 1. The van der Waals surface area contributed by atoms with Crippen molar-refractivity contribution in [3.63, 3.8) is 0 Å². The summed E-state index contributed by atoms with van der Waals surface area (Å²) < 4.78 is 0. The molecule has 90 valence electrons. The van der Waals surface area contributed by atoms with Crippen molar-refractivity contribution in [1.82, 2.24) is 4.90 Å². The molecule has 4 heteroatoms. The molecule has 1 atom stereocenters. The van der Waals surface area contributed by atoms with Gasteiger partial charge in [0.1, 0.15) is 6.54 Å². The second-order valence-corrected chi connectivity index (χ2v) is 4.44. The predicted octanol–water partition coefficient (Wildman–Crippen LogP) is 1.66. The Balaban J connectivity index is 2.66. The molecule has 0 saturated carbocycles. The number of rotatable bonds is 4. The maximum Gasteiger partial charge on any atom is 0.323 e. The highest BCUT2D eigenvalue weighted by atomic mass is 16.4. The molecule has 1 amide bonds. The number of hydrogen-bond acceptors (Lipinski definition) is 2. The lowest BCUT2D eigenvalue weighted by Gasteiger charge is -2.29. The number of carbonyl (C=O) groups excluding carboxylic acids is 1. The van der Waals surface area contributed by atoms with E-state index in [-0.39, 0.29) is 24.4 Å². The maximum atomic E-state index is 12.1. The van der Waals surface area contributed by atoms with Gasteiger partial charge in [0.15, 0.2) is 0 Å². The van der Waals surface area contributed by atoms with E-state index in [1.54, 1.807) is 0 Å². The first-order valence-corrected chi connectivity index (χ1v) is 5.69. The minimum Gasteiger partial charge on any atom is -0.480 e. The number of amides is 1. The lowest BCUT2D eigenvalue weighted by Crippen LogP contribution is -2.44. The number of carboxylic acids is 1. The lowest BCUT2D eigenvalue weighted by atomic mass is 9.92. The minimum atomic E-state index is -0.951. The highest BCUT2D eigenvalue weighted by Crippen LogP contribution is 2.21. The fraction of sp³-hybridized carbons (Fsp3) is 0.667. The summed E-state index contributed by atoms with van der Waals surface area (Å²) in [4.78, 5) is 24.2. The van der Waals surface area contributed by atoms with E-state index in [0.717, 1.165) is 19.3 Å². The quantitative estimate of drug-likeness (QED) is 0.740. The Labute approximate surface area is 95.9 Å². The molecule has 1 N–H and O–H groups in total. The number of aliphatic carboxylic acids is 1. The molecule has 1 unspecified atom stereocenters. The molecule has 1 aliphatic carbocycles. The molecule has 1 rings (SSSR count). The van der Waals surface area contributed by atoms with Crippen LogP contribution in [0.4, 0.5) is 0 Å². The Morgan fingerprint density at radius 3 is 2.56 bits per heavy atom. The molecule has 0 spiro atoms. The molecule has 0 aromatic carbocycles. The van der Waals surface area contributed by atoms with Gasteiger partial charge in [0.25, 0.3) is 0 Å². The van der Waals surface area contributed by atoms with Gasteiger partial charge in [-0.25, -0.2) is 0 Å². The van der Waals surface area contributed by atoms with Gasteiger partial charge in [-0.1, -0.05) is 12.2 Å². The highest BCUT2D eigenvalue weighted by Gasteiger charge is 2.27. The number of allylic oxidation sites excluding steroid dienone is 2. The summed E-state index contributed by atoms with van der Waals surface area (Å²) in [6, 6.07) is -0.0606. The van der Waals surface area contributed by atoms with E-state index >= 15 is 0 Å². The normalized spacial score (nSPS) is 19.8. The van der Waals surface area contributed by atoms with Crippen LogP contribution in [-0.4, -0.2) is 34.5 Å². The third kappa shape index (κ3) is 3.36. The summed E-state index contributed by atoms with van der Waals surface area (Å²) >= 11 is 0. The van der Waals surface area contributed by atoms with E-state index in [4.69, 9.17) is 5.11 Å². The van der Waals surface area contributed by atoms with E-state index in [1.807, 2.05) is 19.9 Å². The molecule has 0 saturated heterocycles. The van der Waals surface area contributed by atoms with Crippen LogP contribution in [0.1, 0.15) is 33.1 Å². The predicted molar refractivity (Wildman–Crippen MR) is 61.0 cm³/mol. The van der Waals surface area contributed by atoms with Crippen molar-refractivity contribution in [3.05, 3.63) is 12.2 Å². The molecule has 0 aromatic rings. The van der Waals surface area contributed by atoms with Crippen molar-refractivity contribution in [2.45, 2.75) is 39.2 Å². The van der Waals surface area contributed by atoms with Crippen LogP contribution in [0.2, 0.25) is 0 Å². The molecule has 0 aliphatic heterocycles. The van der Waals surface area contributed by atoms with Crippen LogP contribution in [0, 0.1) is 5.92 Å². The second kappa shape index (κ2) is 5.68. The van der Waals surface area contributed by atoms with E-state index in [0.29, 0.717) is 0 Å². The average molecular weight is 225 g/mol. The third-order valence-corrected chi connectivity index (χ3v) is 2.83. The molecule has 0 aromatic heterocycles. The van der Waals surface area contributed by atoms with Crippen molar-refractivity contribution in [2.75, 3.05) is 6.54 Å². The van der Waals surface area contributed by atoms with Crippen molar-refractivity contribution < 1.29 is 14.7 Å². The third-order valence-electron chi connectivity index (χ3n) is 2.83. The molecule has 0 bridgehead atoms. The molecular formula is C12H19NO3. The van der Waals surface area contributed by atoms with E-state index in [2.05, 4.69) is 6.08 Å². The molecule has 0 radical (unpaired) electrons. The fourth-order valence-electron chi connectivity index (χ4n) is 1.91. The standard InChI is InChI=1S/C12H19NO3/c1-9(2)13(8-11(14)15)12(16)10-6-4-3-5-7-10/h3-4,9-10H,5-8H2,1-2H3,(H,14,15). The maximum absolute atomic E-state index is 12.1. The monoisotopic (exact) mass is 225 g/mol. The van der Waals surface area contributed by atoms with Gasteiger partial charge in [0, 0.05) is 12.0 Å². The molecule has 0 fully saturated rings. The topological polar surface area (TPSA) is 57.6 Å². The second-order valence-electron chi connectivity index (χ2n) is 4.44. The van der Waals surface area contributed by atoms with Crippen LogP contribution < -0.4 is 0 Å². The number of carbonyl (C=O) groups is 2. The zero-order chi connectivity index (χ0) is 12.1. The van der Waals surface area contributed by atoms with Crippen molar-refractivity contribution >= 4 is 11.9 Å². The smallest absolute Gasteiger partial charge is 0.323 e. The van der Waals surface area contributed by atoms with Gasteiger partial charge in [-0.05, 0) is 33.1 Å². The summed E-state index contributed by atoms with van der Waals surface area (Å²) in [7, 11) is 0. The Morgan fingerprint density at radius 2 is 2.12 bits per heavy atom. The summed E-state index contributed by atoms with van der Waals surface area (Å²) in [5.41, 5.74) is 0. The minimum absolute atomic E-state index is 0.0262. The van der Waals surface area contributed by atoms with E-state index in [9.17, 15) is 9.59 Å². The zero-order valence-electron chi connectivity index (χ0n) is 9.85. The molecular weight excluding hydrogens is 206 g/mol. The van der Waals surface area contributed by atoms with Gasteiger partial charge >= 0.3 is 5.97 Å². The van der Waals surface area contributed by atoms with Crippen molar-refractivity contribution in [2.24, 2.45) is 5.92 Å². The van der Waals surface area contributed by atoms with Gasteiger partial charge in [-0.15, -0.1) is 0 Å². The van der Waals surface area contributed by atoms with Crippen LogP contribution in [0.3, 0.4) is 0 Å². The summed E-state index contributed by atoms with van der Waals surface area (Å²) in [5, 5.41) is 8.77. The lowest BCUT2D eigenvalue weighted by molar-refractivity contribution is -0.147. The van der Waals surface area contributed by atoms with Crippen molar-refractivity contribution in [3.8, 4) is 0 Å². The van der Waals surface area contributed by atoms with Crippen molar-refractivity contribution in [1.29, 1.82) is 0 Å².